The van der Waals surface area contributed by atoms with Crippen molar-refractivity contribution in [3.8, 4) is 5.75 Å². The molecule has 96 valence electrons. The Morgan fingerprint density at radius 2 is 2.00 bits per heavy atom. The van der Waals surface area contributed by atoms with Gasteiger partial charge in [-0.2, -0.15) is 11.3 Å². The predicted octanol–water partition coefficient (Wildman–Crippen LogP) is 3.09. The highest BCUT2D eigenvalue weighted by atomic mass is 32.1. The maximum atomic E-state index is 5.83. The minimum Gasteiger partial charge on any atom is -0.491 e. The Hall–Kier alpha value is -1.36. The van der Waals surface area contributed by atoms with E-state index >= 15 is 0 Å². The van der Waals surface area contributed by atoms with Crippen LogP contribution in [0, 0.1) is 0 Å². The van der Waals surface area contributed by atoms with Crippen LogP contribution in [0.15, 0.2) is 41.1 Å². The SMILES string of the molecule is CC(C)Oc1ccccc1C(NN)c1ccsc1. The first-order chi connectivity index (χ1) is 8.72. The number of hydrogen-bond donors (Lipinski definition) is 2. The predicted molar refractivity (Wildman–Crippen MR) is 75.7 cm³/mol. The average Bonchev–Trinajstić information content (AvgIpc) is 2.85. The Labute approximate surface area is 112 Å². The highest BCUT2D eigenvalue weighted by Crippen LogP contribution is 2.31. The van der Waals surface area contributed by atoms with Crippen LogP contribution in [-0.2, 0) is 0 Å². The van der Waals surface area contributed by atoms with Crippen LogP contribution in [0.3, 0.4) is 0 Å². The summed E-state index contributed by atoms with van der Waals surface area (Å²) in [5.41, 5.74) is 5.08. The molecule has 1 heterocycles. The number of ether oxygens (including phenoxy) is 1. The topological polar surface area (TPSA) is 47.3 Å². The van der Waals surface area contributed by atoms with Gasteiger partial charge in [0.25, 0.3) is 0 Å². The van der Waals surface area contributed by atoms with Gasteiger partial charge in [-0.1, -0.05) is 18.2 Å². The molecule has 2 aromatic rings. The molecule has 1 unspecified atom stereocenters. The molecule has 0 aliphatic heterocycles. The maximum absolute atomic E-state index is 5.83. The zero-order valence-electron chi connectivity index (χ0n) is 10.6. The Bertz CT molecular complexity index is 482. The monoisotopic (exact) mass is 262 g/mol. The second kappa shape index (κ2) is 6.00. The third-order valence-corrected chi connectivity index (χ3v) is 3.34. The molecule has 18 heavy (non-hydrogen) atoms. The van der Waals surface area contributed by atoms with Crippen LogP contribution in [0.25, 0.3) is 0 Å². The van der Waals surface area contributed by atoms with E-state index in [1.807, 2.05) is 43.5 Å². The quantitative estimate of drug-likeness (QED) is 0.643. The number of benzene rings is 1. The first-order valence-electron chi connectivity index (χ1n) is 5.96. The molecule has 0 saturated heterocycles. The third-order valence-electron chi connectivity index (χ3n) is 2.64. The number of nitrogens with two attached hydrogens (primary N) is 1. The smallest absolute Gasteiger partial charge is 0.124 e. The summed E-state index contributed by atoms with van der Waals surface area (Å²) >= 11 is 1.66. The summed E-state index contributed by atoms with van der Waals surface area (Å²) in [5.74, 6) is 6.57. The minimum atomic E-state index is -0.0359. The lowest BCUT2D eigenvalue weighted by atomic mass is 10.0. The molecule has 3 nitrogen and oxygen atoms in total. The number of hydrazine groups is 1. The fourth-order valence-electron chi connectivity index (χ4n) is 1.89. The zero-order chi connectivity index (χ0) is 13.0. The molecule has 0 fully saturated rings. The molecule has 2 rings (SSSR count). The molecular formula is C14H18N2OS. The Morgan fingerprint density at radius 1 is 1.22 bits per heavy atom. The number of thiophene rings is 1. The molecular weight excluding hydrogens is 244 g/mol. The van der Waals surface area contributed by atoms with Crippen molar-refractivity contribution in [3.05, 3.63) is 52.2 Å². The molecule has 0 saturated carbocycles. The highest BCUT2D eigenvalue weighted by Gasteiger charge is 2.17. The van der Waals surface area contributed by atoms with Gasteiger partial charge in [0.2, 0.25) is 0 Å². The summed E-state index contributed by atoms with van der Waals surface area (Å²) < 4.78 is 5.83. The molecule has 4 heteroatoms. The standard InChI is InChI=1S/C14H18N2OS/c1-10(2)17-13-6-4-3-5-12(13)14(16-15)11-7-8-18-9-11/h3-10,14,16H,15H2,1-2H3. The number of para-hydroxylation sites is 1. The molecule has 3 N–H and O–H groups in total. The van der Waals surface area contributed by atoms with E-state index in [1.165, 1.54) is 0 Å². The van der Waals surface area contributed by atoms with Gasteiger partial charge in [-0.3, -0.25) is 5.84 Å². The van der Waals surface area contributed by atoms with Gasteiger partial charge in [0.05, 0.1) is 12.1 Å². The van der Waals surface area contributed by atoms with Crippen LogP contribution < -0.4 is 16.0 Å². The van der Waals surface area contributed by atoms with E-state index < -0.39 is 0 Å². The zero-order valence-corrected chi connectivity index (χ0v) is 11.4. The summed E-state index contributed by atoms with van der Waals surface area (Å²) in [6.45, 7) is 4.04. The van der Waals surface area contributed by atoms with E-state index in [2.05, 4.69) is 16.9 Å². The normalized spacial score (nSPS) is 12.7. The van der Waals surface area contributed by atoms with Gasteiger partial charge < -0.3 is 4.74 Å². The molecule has 0 aliphatic rings. The maximum Gasteiger partial charge on any atom is 0.124 e. The number of hydrogen-bond acceptors (Lipinski definition) is 4. The van der Waals surface area contributed by atoms with E-state index in [0.29, 0.717) is 0 Å². The van der Waals surface area contributed by atoms with Gasteiger partial charge in [-0.15, -0.1) is 0 Å². The van der Waals surface area contributed by atoms with Gasteiger partial charge in [0.1, 0.15) is 5.75 Å². The molecule has 0 bridgehead atoms. The van der Waals surface area contributed by atoms with Crippen LogP contribution in [0.2, 0.25) is 0 Å². The molecule has 0 radical (unpaired) electrons. The summed E-state index contributed by atoms with van der Waals surface area (Å²) in [6.07, 6.45) is 0.145. The molecule has 0 amide bonds. The van der Waals surface area contributed by atoms with Crippen molar-refractivity contribution in [1.29, 1.82) is 0 Å². The lowest BCUT2D eigenvalue weighted by Crippen LogP contribution is -2.29. The molecule has 1 aromatic heterocycles. The second-order valence-corrected chi connectivity index (χ2v) is 5.14. The van der Waals surface area contributed by atoms with Crippen molar-refractivity contribution in [1.82, 2.24) is 5.43 Å². The highest BCUT2D eigenvalue weighted by molar-refractivity contribution is 7.08. The number of nitrogens with one attached hydrogen (secondary N) is 1. The first-order valence-corrected chi connectivity index (χ1v) is 6.90. The van der Waals surface area contributed by atoms with Crippen LogP contribution in [0.4, 0.5) is 0 Å². The van der Waals surface area contributed by atoms with E-state index in [0.717, 1.165) is 16.9 Å². The number of rotatable bonds is 5. The third kappa shape index (κ3) is 2.90. The molecule has 1 aromatic carbocycles. The Kier molecular flexibility index (Phi) is 4.36. The summed E-state index contributed by atoms with van der Waals surface area (Å²) in [4.78, 5) is 0. The van der Waals surface area contributed by atoms with Crippen molar-refractivity contribution >= 4 is 11.3 Å². The average molecular weight is 262 g/mol. The van der Waals surface area contributed by atoms with E-state index in [9.17, 15) is 0 Å². The molecule has 0 spiro atoms. The molecule has 0 aliphatic carbocycles. The minimum absolute atomic E-state index is 0.0359. The van der Waals surface area contributed by atoms with E-state index in [-0.39, 0.29) is 12.1 Å². The van der Waals surface area contributed by atoms with Crippen LogP contribution in [0.1, 0.15) is 31.0 Å². The largest absolute Gasteiger partial charge is 0.491 e. The Morgan fingerprint density at radius 3 is 2.61 bits per heavy atom. The molecule has 1 atom stereocenters. The van der Waals surface area contributed by atoms with Gasteiger partial charge in [-0.25, -0.2) is 5.43 Å². The fourth-order valence-corrected chi connectivity index (χ4v) is 2.57. The lowest BCUT2D eigenvalue weighted by molar-refractivity contribution is 0.238. The summed E-state index contributed by atoms with van der Waals surface area (Å²) in [5, 5.41) is 4.14. The van der Waals surface area contributed by atoms with Crippen LogP contribution >= 0.6 is 11.3 Å². The van der Waals surface area contributed by atoms with E-state index in [4.69, 9.17) is 10.6 Å². The van der Waals surface area contributed by atoms with Gasteiger partial charge >= 0.3 is 0 Å². The van der Waals surface area contributed by atoms with Crippen molar-refractivity contribution in [2.45, 2.75) is 26.0 Å². The van der Waals surface area contributed by atoms with Gasteiger partial charge in [-0.05, 0) is 42.3 Å². The van der Waals surface area contributed by atoms with Crippen molar-refractivity contribution in [2.75, 3.05) is 0 Å². The van der Waals surface area contributed by atoms with Crippen LogP contribution in [0.5, 0.6) is 5.75 Å². The Balaban J connectivity index is 2.36. The van der Waals surface area contributed by atoms with Gasteiger partial charge in [0, 0.05) is 5.56 Å². The lowest BCUT2D eigenvalue weighted by Gasteiger charge is -2.20. The van der Waals surface area contributed by atoms with Crippen LogP contribution in [-0.4, -0.2) is 6.10 Å². The van der Waals surface area contributed by atoms with Crippen molar-refractivity contribution < 1.29 is 4.74 Å². The van der Waals surface area contributed by atoms with Crippen molar-refractivity contribution in [2.24, 2.45) is 5.84 Å². The summed E-state index contributed by atoms with van der Waals surface area (Å²) in [6, 6.07) is 10.0. The van der Waals surface area contributed by atoms with Crippen molar-refractivity contribution in [3.63, 3.8) is 0 Å². The van der Waals surface area contributed by atoms with E-state index in [1.54, 1.807) is 11.3 Å². The van der Waals surface area contributed by atoms with Gasteiger partial charge in [0.15, 0.2) is 0 Å². The summed E-state index contributed by atoms with van der Waals surface area (Å²) in [7, 11) is 0. The first kappa shape index (κ1) is 13.1. The second-order valence-electron chi connectivity index (χ2n) is 4.36. The fraction of sp³-hybridized carbons (Fsp3) is 0.286.